The fourth-order valence-electron chi connectivity index (χ4n) is 2.27. The number of halogens is 1. The number of aliphatic imine (C=N–C) groups is 1. The van der Waals surface area contributed by atoms with Crippen molar-refractivity contribution in [2.45, 2.75) is 33.4 Å². The number of nitrogens with zero attached hydrogens (tertiary/aromatic N) is 1. The third-order valence-corrected chi connectivity index (χ3v) is 3.43. The molecule has 5 nitrogen and oxygen atoms in total. The van der Waals surface area contributed by atoms with Gasteiger partial charge in [0.1, 0.15) is 12.4 Å². The molecular formula is C19H28IN3O2. The number of guanidine groups is 1. The van der Waals surface area contributed by atoms with Gasteiger partial charge in [0.2, 0.25) is 0 Å². The first-order valence-corrected chi connectivity index (χ1v) is 8.46. The maximum Gasteiger partial charge on any atom is 0.191 e. The van der Waals surface area contributed by atoms with Crippen LogP contribution in [0, 0.1) is 6.92 Å². The molecule has 6 heteroatoms. The van der Waals surface area contributed by atoms with Gasteiger partial charge in [-0.3, -0.25) is 0 Å². The van der Waals surface area contributed by atoms with E-state index >= 15 is 0 Å². The molecule has 0 fully saturated rings. The molecule has 2 N–H and O–H groups in total. The standard InChI is InChI=1S/C19H27N3O2.HI/c1-3-20-19(22-14-17-8-4-7-16(2)13-17)21-10-6-11-23-15-18-9-5-12-24-18;/h4-5,7-9,12-13H,3,6,10-11,14-15H2,1-2H3,(H2,20,21,22);1H. The summed E-state index contributed by atoms with van der Waals surface area (Å²) in [7, 11) is 0. The minimum Gasteiger partial charge on any atom is -0.467 e. The summed E-state index contributed by atoms with van der Waals surface area (Å²) in [5.41, 5.74) is 2.48. The highest BCUT2D eigenvalue weighted by Gasteiger charge is 1.99. The van der Waals surface area contributed by atoms with Crippen LogP contribution in [-0.4, -0.2) is 25.7 Å². The predicted octanol–water partition coefficient (Wildman–Crippen LogP) is 3.87. The van der Waals surface area contributed by atoms with Crippen molar-refractivity contribution >= 4 is 29.9 Å². The Balaban J connectivity index is 0.00000312. The van der Waals surface area contributed by atoms with Gasteiger partial charge in [-0.15, -0.1) is 24.0 Å². The normalized spacial score (nSPS) is 11.0. The zero-order valence-electron chi connectivity index (χ0n) is 15.0. The summed E-state index contributed by atoms with van der Waals surface area (Å²) in [5.74, 6) is 1.70. The van der Waals surface area contributed by atoms with Crippen molar-refractivity contribution in [2.75, 3.05) is 19.7 Å². The van der Waals surface area contributed by atoms with Crippen LogP contribution < -0.4 is 10.6 Å². The molecule has 0 amide bonds. The molecule has 0 atom stereocenters. The number of furan rings is 1. The Bertz CT molecular complexity index is 615. The second-order valence-electron chi connectivity index (χ2n) is 5.60. The summed E-state index contributed by atoms with van der Waals surface area (Å²) < 4.78 is 10.8. The van der Waals surface area contributed by atoms with E-state index in [0.717, 1.165) is 31.2 Å². The molecular weight excluding hydrogens is 429 g/mol. The maximum atomic E-state index is 5.57. The van der Waals surface area contributed by atoms with Gasteiger partial charge in [0, 0.05) is 19.7 Å². The fourth-order valence-corrected chi connectivity index (χ4v) is 2.27. The lowest BCUT2D eigenvalue weighted by Gasteiger charge is -2.11. The third-order valence-electron chi connectivity index (χ3n) is 3.43. The average Bonchev–Trinajstić information content (AvgIpc) is 3.09. The van der Waals surface area contributed by atoms with E-state index in [1.807, 2.05) is 12.1 Å². The summed E-state index contributed by atoms with van der Waals surface area (Å²) in [6.07, 6.45) is 2.57. The Morgan fingerprint density at radius 1 is 1.20 bits per heavy atom. The van der Waals surface area contributed by atoms with Crippen molar-refractivity contribution in [1.82, 2.24) is 10.6 Å². The molecule has 1 aromatic heterocycles. The number of benzene rings is 1. The molecule has 0 saturated carbocycles. The Kier molecular flexibility index (Phi) is 11.0. The molecule has 0 aliphatic carbocycles. The predicted molar refractivity (Wildman–Crippen MR) is 112 cm³/mol. The lowest BCUT2D eigenvalue weighted by Crippen LogP contribution is -2.38. The molecule has 1 aromatic carbocycles. The van der Waals surface area contributed by atoms with Crippen LogP contribution in [0.2, 0.25) is 0 Å². The molecule has 138 valence electrons. The number of ether oxygens (including phenoxy) is 1. The smallest absolute Gasteiger partial charge is 0.191 e. The first-order chi connectivity index (χ1) is 11.8. The SMILES string of the molecule is CCNC(=NCc1cccc(C)c1)NCCCOCc1ccco1.I. The van der Waals surface area contributed by atoms with Gasteiger partial charge < -0.3 is 19.8 Å². The van der Waals surface area contributed by atoms with E-state index in [9.17, 15) is 0 Å². The molecule has 1 heterocycles. The minimum atomic E-state index is 0. The molecule has 0 aliphatic heterocycles. The Labute approximate surface area is 167 Å². The van der Waals surface area contributed by atoms with Crippen LogP contribution in [0.3, 0.4) is 0 Å². The fraction of sp³-hybridized carbons (Fsp3) is 0.421. The highest BCUT2D eigenvalue weighted by molar-refractivity contribution is 14.0. The summed E-state index contributed by atoms with van der Waals surface area (Å²) in [6.45, 7) is 7.70. The Hall–Kier alpha value is -1.54. The highest BCUT2D eigenvalue weighted by atomic mass is 127. The van der Waals surface area contributed by atoms with E-state index in [-0.39, 0.29) is 24.0 Å². The lowest BCUT2D eigenvalue weighted by molar-refractivity contribution is 0.105. The van der Waals surface area contributed by atoms with Gasteiger partial charge in [0.25, 0.3) is 0 Å². The van der Waals surface area contributed by atoms with Crippen LogP contribution in [0.1, 0.15) is 30.2 Å². The number of hydrogen-bond donors (Lipinski definition) is 2. The van der Waals surface area contributed by atoms with E-state index in [4.69, 9.17) is 9.15 Å². The summed E-state index contributed by atoms with van der Waals surface area (Å²) in [5, 5.41) is 6.60. The maximum absolute atomic E-state index is 5.57. The number of nitrogens with one attached hydrogen (secondary N) is 2. The average molecular weight is 457 g/mol. The molecule has 2 rings (SSSR count). The van der Waals surface area contributed by atoms with Crippen molar-refractivity contribution in [2.24, 2.45) is 4.99 Å². The molecule has 2 aromatic rings. The van der Waals surface area contributed by atoms with Gasteiger partial charge in [-0.1, -0.05) is 29.8 Å². The monoisotopic (exact) mass is 457 g/mol. The van der Waals surface area contributed by atoms with E-state index < -0.39 is 0 Å². The van der Waals surface area contributed by atoms with Crippen molar-refractivity contribution in [1.29, 1.82) is 0 Å². The second-order valence-corrected chi connectivity index (χ2v) is 5.60. The van der Waals surface area contributed by atoms with Crippen LogP contribution in [0.4, 0.5) is 0 Å². The largest absolute Gasteiger partial charge is 0.467 e. The zero-order valence-corrected chi connectivity index (χ0v) is 17.3. The lowest BCUT2D eigenvalue weighted by atomic mass is 10.1. The second kappa shape index (κ2) is 12.8. The van der Waals surface area contributed by atoms with Crippen LogP contribution in [-0.2, 0) is 17.9 Å². The minimum absolute atomic E-state index is 0. The molecule has 0 saturated heterocycles. The molecule has 0 unspecified atom stereocenters. The molecule has 0 bridgehead atoms. The summed E-state index contributed by atoms with van der Waals surface area (Å²) in [6, 6.07) is 12.2. The Morgan fingerprint density at radius 2 is 2.08 bits per heavy atom. The van der Waals surface area contributed by atoms with E-state index in [1.165, 1.54) is 11.1 Å². The first-order valence-electron chi connectivity index (χ1n) is 8.46. The molecule has 0 radical (unpaired) electrons. The molecule has 0 spiro atoms. The first kappa shape index (κ1) is 21.5. The van der Waals surface area contributed by atoms with Gasteiger partial charge in [-0.05, 0) is 38.0 Å². The van der Waals surface area contributed by atoms with Gasteiger partial charge in [-0.25, -0.2) is 4.99 Å². The Morgan fingerprint density at radius 3 is 2.80 bits per heavy atom. The van der Waals surface area contributed by atoms with Crippen molar-refractivity contribution < 1.29 is 9.15 Å². The van der Waals surface area contributed by atoms with E-state index in [0.29, 0.717) is 19.8 Å². The van der Waals surface area contributed by atoms with Gasteiger partial charge >= 0.3 is 0 Å². The van der Waals surface area contributed by atoms with Crippen LogP contribution >= 0.6 is 24.0 Å². The highest BCUT2D eigenvalue weighted by Crippen LogP contribution is 2.05. The van der Waals surface area contributed by atoms with Crippen LogP contribution in [0.15, 0.2) is 52.1 Å². The van der Waals surface area contributed by atoms with Crippen molar-refractivity contribution in [3.63, 3.8) is 0 Å². The number of aryl methyl sites for hydroxylation is 1. The van der Waals surface area contributed by atoms with E-state index in [1.54, 1.807) is 6.26 Å². The van der Waals surface area contributed by atoms with Crippen molar-refractivity contribution in [3.8, 4) is 0 Å². The molecule has 0 aliphatic rings. The quantitative estimate of drug-likeness (QED) is 0.260. The molecule has 25 heavy (non-hydrogen) atoms. The zero-order chi connectivity index (χ0) is 17.0. The van der Waals surface area contributed by atoms with Crippen LogP contribution in [0.25, 0.3) is 0 Å². The topological polar surface area (TPSA) is 58.8 Å². The number of rotatable bonds is 9. The van der Waals surface area contributed by atoms with Crippen LogP contribution in [0.5, 0.6) is 0 Å². The van der Waals surface area contributed by atoms with Gasteiger partial charge in [0.05, 0.1) is 12.8 Å². The van der Waals surface area contributed by atoms with Gasteiger partial charge in [-0.2, -0.15) is 0 Å². The summed E-state index contributed by atoms with van der Waals surface area (Å²) in [4.78, 5) is 4.62. The van der Waals surface area contributed by atoms with Crippen molar-refractivity contribution in [3.05, 3.63) is 59.5 Å². The third kappa shape index (κ3) is 8.92. The van der Waals surface area contributed by atoms with Gasteiger partial charge in [0.15, 0.2) is 5.96 Å². The summed E-state index contributed by atoms with van der Waals surface area (Å²) >= 11 is 0. The van der Waals surface area contributed by atoms with E-state index in [2.05, 4.69) is 53.7 Å². The number of hydrogen-bond acceptors (Lipinski definition) is 3.